The lowest BCUT2D eigenvalue weighted by Gasteiger charge is -2.36. The molecule has 1 saturated heterocycles. The number of nitrogens with one attached hydrogen (secondary N) is 1. The summed E-state index contributed by atoms with van der Waals surface area (Å²) in [5.41, 5.74) is 0. The quantitative estimate of drug-likeness (QED) is 0.605. The van der Waals surface area contributed by atoms with E-state index < -0.39 is 14.5 Å². The van der Waals surface area contributed by atoms with Gasteiger partial charge in [-0.15, -0.1) is 0 Å². The SMILES string of the molecule is [2H]N1C[C@H](F)C[C@H]1CCCO[Si](C)(C)C(C)(C)C. The average Bonchev–Trinajstić information content (AvgIpc) is 2.50. The van der Waals surface area contributed by atoms with Gasteiger partial charge in [-0.2, -0.15) is 0 Å². The third-order valence-electron chi connectivity index (χ3n) is 4.04. The molecule has 1 heterocycles. The van der Waals surface area contributed by atoms with Gasteiger partial charge in [0.05, 0.1) is 0 Å². The standard InChI is InChI=1S/C13H28FNOSi/c1-13(2,3)17(4,5)16-8-6-7-12-9-11(14)10-15-12/h11-12,15H,6-10H2,1-5H3/t11-,12-/m1/s1/i/hD. The Hall–Kier alpha value is 0.0669. The summed E-state index contributed by atoms with van der Waals surface area (Å²) in [6.07, 6.45) is 1.51. The van der Waals surface area contributed by atoms with Gasteiger partial charge in [0.25, 0.3) is 0 Å². The predicted octanol–water partition coefficient (Wildman–Crippen LogP) is 3.49. The molecule has 0 amide bonds. The van der Waals surface area contributed by atoms with Gasteiger partial charge in [-0.05, 0) is 37.4 Å². The summed E-state index contributed by atoms with van der Waals surface area (Å²) in [5, 5.41) is 1.64. The summed E-state index contributed by atoms with van der Waals surface area (Å²) in [7, 11) is -1.65. The van der Waals surface area contributed by atoms with Gasteiger partial charge >= 0.3 is 0 Å². The lowest BCUT2D eigenvalue weighted by Crippen LogP contribution is -2.41. The molecule has 17 heavy (non-hydrogen) atoms. The van der Waals surface area contributed by atoms with Crippen molar-refractivity contribution in [1.29, 1.82) is 0 Å². The van der Waals surface area contributed by atoms with Gasteiger partial charge in [-0.3, -0.25) is 0 Å². The summed E-state index contributed by atoms with van der Waals surface area (Å²) < 4.78 is 26.8. The fourth-order valence-electron chi connectivity index (χ4n) is 1.78. The van der Waals surface area contributed by atoms with Crippen molar-refractivity contribution in [2.24, 2.45) is 0 Å². The number of rotatable bonds is 5. The Morgan fingerprint density at radius 2 is 2.12 bits per heavy atom. The van der Waals surface area contributed by atoms with Crippen molar-refractivity contribution < 1.29 is 10.2 Å². The van der Waals surface area contributed by atoms with Crippen LogP contribution in [0.4, 0.5) is 4.39 Å². The molecule has 2 atom stereocenters. The monoisotopic (exact) mass is 262 g/mol. The fraction of sp³-hybridized carbons (Fsp3) is 1.00. The van der Waals surface area contributed by atoms with Crippen LogP contribution in [0.1, 0.15) is 40.0 Å². The van der Waals surface area contributed by atoms with Gasteiger partial charge in [-0.1, -0.05) is 20.8 Å². The van der Waals surface area contributed by atoms with Crippen LogP contribution in [0.25, 0.3) is 0 Å². The molecule has 0 bridgehead atoms. The summed E-state index contributed by atoms with van der Waals surface area (Å²) in [4.78, 5) is 0. The van der Waals surface area contributed by atoms with Crippen molar-refractivity contribution in [3.8, 4) is 0 Å². The van der Waals surface area contributed by atoms with Crippen molar-refractivity contribution in [1.82, 2.24) is 5.31 Å². The van der Waals surface area contributed by atoms with E-state index in [4.69, 9.17) is 5.84 Å². The number of hydrogen-bond acceptors (Lipinski definition) is 2. The summed E-state index contributed by atoms with van der Waals surface area (Å²) >= 11 is 0. The van der Waals surface area contributed by atoms with Gasteiger partial charge in [0.2, 0.25) is 0 Å². The van der Waals surface area contributed by atoms with Crippen LogP contribution in [0.5, 0.6) is 0 Å². The number of alkyl halides is 1. The van der Waals surface area contributed by atoms with Crippen molar-refractivity contribution in [3.05, 3.63) is 0 Å². The lowest BCUT2D eigenvalue weighted by atomic mass is 10.1. The Bertz CT molecular complexity index is 270. The van der Waals surface area contributed by atoms with Crippen LogP contribution in [-0.2, 0) is 4.43 Å². The highest BCUT2D eigenvalue weighted by molar-refractivity contribution is 6.74. The Kier molecular flexibility index (Phi) is 4.61. The molecule has 1 rings (SSSR count). The minimum atomic E-state index is -1.65. The Morgan fingerprint density at radius 3 is 2.59 bits per heavy atom. The second-order valence-corrected chi connectivity index (χ2v) is 11.4. The van der Waals surface area contributed by atoms with E-state index in [2.05, 4.69) is 33.9 Å². The molecule has 1 aliphatic rings. The first-order chi connectivity index (χ1) is 8.13. The molecule has 0 spiro atoms. The summed E-state index contributed by atoms with van der Waals surface area (Å²) in [6, 6.07) is 0.0861. The van der Waals surface area contributed by atoms with Crippen molar-refractivity contribution in [2.45, 2.75) is 70.4 Å². The molecule has 0 aromatic carbocycles. The lowest BCUT2D eigenvalue weighted by molar-refractivity contribution is 0.271. The molecule has 1 aliphatic heterocycles. The fourth-order valence-corrected chi connectivity index (χ4v) is 2.87. The normalized spacial score (nSPS) is 28.5. The minimum Gasteiger partial charge on any atom is -0.417 e. The Balaban J connectivity index is 2.23. The van der Waals surface area contributed by atoms with Crippen LogP contribution >= 0.6 is 0 Å². The maximum absolute atomic E-state index is 13.1. The molecule has 1 N–H and O–H groups in total. The predicted molar refractivity (Wildman–Crippen MR) is 73.7 cm³/mol. The van der Waals surface area contributed by atoms with Crippen molar-refractivity contribution in [2.75, 3.05) is 13.2 Å². The van der Waals surface area contributed by atoms with E-state index in [0.29, 0.717) is 6.42 Å². The summed E-state index contributed by atoms with van der Waals surface area (Å²) in [6.45, 7) is 12.2. The van der Waals surface area contributed by atoms with E-state index in [-0.39, 0.29) is 17.6 Å². The van der Waals surface area contributed by atoms with E-state index in [9.17, 15) is 4.39 Å². The third-order valence-corrected chi connectivity index (χ3v) is 8.58. The molecule has 1 fully saturated rings. The van der Waals surface area contributed by atoms with Crippen molar-refractivity contribution >= 4 is 8.32 Å². The number of hydrogen-bond donors (Lipinski definition) is 1. The largest absolute Gasteiger partial charge is 0.417 e. The maximum atomic E-state index is 13.1. The van der Waals surface area contributed by atoms with Crippen LogP contribution in [0.2, 0.25) is 19.5 Å². The van der Waals surface area contributed by atoms with Crippen LogP contribution in [0.3, 0.4) is 0 Å². The van der Waals surface area contributed by atoms with Gasteiger partial charge in [-0.25, -0.2) is 4.39 Å². The van der Waals surface area contributed by atoms with Gasteiger partial charge < -0.3 is 9.74 Å². The summed E-state index contributed by atoms with van der Waals surface area (Å²) in [5.74, 6) is 0. The van der Waals surface area contributed by atoms with Gasteiger partial charge in [0.1, 0.15) is 7.58 Å². The van der Waals surface area contributed by atoms with Crippen LogP contribution in [-0.4, -0.2) is 33.7 Å². The molecular formula is C13H28FNOSi. The van der Waals surface area contributed by atoms with E-state index >= 15 is 0 Å². The van der Waals surface area contributed by atoms with E-state index in [0.717, 1.165) is 19.4 Å². The minimum absolute atomic E-state index is 0.0861. The van der Waals surface area contributed by atoms with Crippen LogP contribution in [0.15, 0.2) is 0 Å². The van der Waals surface area contributed by atoms with Crippen LogP contribution in [0, 0.1) is 0 Å². The highest BCUT2D eigenvalue weighted by Gasteiger charge is 2.36. The van der Waals surface area contributed by atoms with Gasteiger partial charge in [0.15, 0.2) is 8.32 Å². The number of halogens is 1. The van der Waals surface area contributed by atoms with Crippen molar-refractivity contribution in [3.63, 3.8) is 0 Å². The molecule has 4 heteroatoms. The molecule has 0 aliphatic carbocycles. The molecule has 0 radical (unpaired) electrons. The van der Waals surface area contributed by atoms with E-state index in [1.54, 1.807) is 0 Å². The zero-order chi connectivity index (χ0) is 14.0. The first kappa shape index (κ1) is 13.5. The highest BCUT2D eigenvalue weighted by atomic mass is 28.4. The molecule has 102 valence electrons. The molecule has 0 saturated carbocycles. The topological polar surface area (TPSA) is 21.3 Å². The van der Waals surface area contributed by atoms with E-state index in [1.165, 1.54) is 5.31 Å². The molecule has 0 aromatic rings. The average molecular weight is 262 g/mol. The third kappa shape index (κ3) is 4.68. The highest BCUT2D eigenvalue weighted by Crippen LogP contribution is 2.36. The zero-order valence-corrected chi connectivity index (χ0v) is 12.9. The second kappa shape index (κ2) is 5.80. The van der Waals surface area contributed by atoms with E-state index in [1.807, 2.05) is 0 Å². The first-order valence-corrected chi connectivity index (χ1v) is 9.58. The smallest absolute Gasteiger partial charge is 0.191 e. The molecule has 2 nitrogen and oxygen atoms in total. The Labute approximate surface area is 108 Å². The molecule has 0 aromatic heterocycles. The Morgan fingerprint density at radius 1 is 1.47 bits per heavy atom. The maximum Gasteiger partial charge on any atom is 0.191 e. The van der Waals surface area contributed by atoms with Gasteiger partial charge in [0, 0.05) is 19.2 Å². The molecular weight excluding hydrogens is 233 g/mol. The second-order valence-electron chi connectivity index (χ2n) is 6.60. The van der Waals surface area contributed by atoms with Crippen LogP contribution < -0.4 is 5.31 Å². The zero-order valence-electron chi connectivity index (χ0n) is 12.9. The molecule has 0 unspecified atom stereocenters. The first-order valence-electron chi connectivity index (χ1n) is 7.12.